The molecule has 4 nitrogen and oxygen atoms in total. The first kappa shape index (κ1) is 13.0. The van der Waals surface area contributed by atoms with Crippen LogP contribution in [0.5, 0.6) is 0 Å². The van der Waals surface area contributed by atoms with Crippen LogP contribution in [0.25, 0.3) is 0 Å². The van der Waals surface area contributed by atoms with Gasteiger partial charge < -0.3 is 10.0 Å². The molecule has 0 aromatic rings. The van der Waals surface area contributed by atoms with E-state index in [2.05, 4.69) is 0 Å². The van der Waals surface area contributed by atoms with Gasteiger partial charge in [-0.1, -0.05) is 26.2 Å². The third-order valence-corrected chi connectivity index (χ3v) is 3.09. The van der Waals surface area contributed by atoms with Crippen molar-refractivity contribution in [1.29, 1.82) is 0 Å². The van der Waals surface area contributed by atoms with E-state index in [1.54, 1.807) is 0 Å². The summed E-state index contributed by atoms with van der Waals surface area (Å²) in [7, 11) is 0. The summed E-state index contributed by atoms with van der Waals surface area (Å²) < 4.78 is 0. The van der Waals surface area contributed by atoms with Crippen molar-refractivity contribution in [2.75, 3.05) is 13.1 Å². The molecule has 92 valence electrons. The minimum atomic E-state index is -0.919. The van der Waals surface area contributed by atoms with E-state index in [0.717, 1.165) is 32.1 Å². The van der Waals surface area contributed by atoms with Gasteiger partial charge in [-0.25, -0.2) is 0 Å². The maximum atomic E-state index is 12.1. The van der Waals surface area contributed by atoms with Crippen molar-refractivity contribution in [3.63, 3.8) is 0 Å². The van der Waals surface area contributed by atoms with E-state index in [9.17, 15) is 9.59 Å². The molecule has 1 saturated carbocycles. The highest BCUT2D eigenvalue weighted by molar-refractivity contribution is 5.83. The Morgan fingerprint density at radius 1 is 1.25 bits per heavy atom. The van der Waals surface area contributed by atoms with Crippen LogP contribution in [0.2, 0.25) is 0 Å². The molecule has 0 unspecified atom stereocenters. The Kier molecular flexibility index (Phi) is 5.29. The quantitative estimate of drug-likeness (QED) is 0.780. The number of carboxylic acid groups (broad SMARTS) is 1. The molecule has 1 aliphatic carbocycles. The average Bonchev–Trinajstić information content (AvgIpc) is 2.28. The minimum Gasteiger partial charge on any atom is -0.480 e. The van der Waals surface area contributed by atoms with Gasteiger partial charge in [0.05, 0.1) is 0 Å². The number of carbonyl (C=O) groups is 2. The molecule has 1 aliphatic rings. The van der Waals surface area contributed by atoms with Crippen LogP contribution in [0.4, 0.5) is 0 Å². The standard InChI is InChI=1S/C12H21NO3/c1-2-8-13(9-11(14)15)12(16)10-6-4-3-5-7-10/h10H,2-9H2,1H3,(H,14,15). The molecule has 0 atom stereocenters. The van der Waals surface area contributed by atoms with E-state index < -0.39 is 5.97 Å². The second kappa shape index (κ2) is 6.51. The van der Waals surface area contributed by atoms with Crippen LogP contribution in [-0.4, -0.2) is 35.0 Å². The van der Waals surface area contributed by atoms with Gasteiger partial charge >= 0.3 is 5.97 Å². The molecule has 0 saturated heterocycles. The van der Waals surface area contributed by atoms with E-state index in [1.165, 1.54) is 11.3 Å². The Morgan fingerprint density at radius 2 is 1.88 bits per heavy atom. The molecule has 4 heteroatoms. The topological polar surface area (TPSA) is 57.6 Å². The zero-order valence-corrected chi connectivity index (χ0v) is 9.95. The van der Waals surface area contributed by atoms with Gasteiger partial charge in [-0.15, -0.1) is 0 Å². The summed E-state index contributed by atoms with van der Waals surface area (Å²) in [5.41, 5.74) is 0. The first-order valence-electron chi connectivity index (χ1n) is 6.15. The Balaban J connectivity index is 2.54. The van der Waals surface area contributed by atoms with Crippen LogP contribution >= 0.6 is 0 Å². The van der Waals surface area contributed by atoms with Crippen LogP contribution in [-0.2, 0) is 9.59 Å². The molecule has 1 rings (SSSR count). The van der Waals surface area contributed by atoms with Gasteiger partial charge in [-0.05, 0) is 19.3 Å². The predicted octanol–water partition coefficient (Wildman–Crippen LogP) is 1.89. The molecular weight excluding hydrogens is 206 g/mol. The van der Waals surface area contributed by atoms with Crippen molar-refractivity contribution in [2.45, 2.75) is 45.4 Å². The smallest absolute Gasteiger partial charge is 0.323 e. The van der Waals surface area contributed by atoms with Gasteiger partial charge in [0.1, 0.15) is 6.54 Å². The lowest BCUT2D eigenvalue weighted by atomic mass is 9.88. The predicted molar refractivity (Wildman–Crippen MR) is 61.1 cm³/mol. The summed E-state index contributed by atoms with van der Waals surface area (Å²) in [6, 6.07) is 0. The third kappa shape index (κ3) is 3.83. The fraction of sp³-hybridized carbons (Fsp3) is 0.833. The van der Waals surface area contributed by atoms with E-state index >= 15 is 0 Å². The molecule has 1 fully saturated rings. The van der Waals surface area contributed by atoms with Gasteiger partial charge in [0, 0.05) is 12.5 Å². The molecule has 1 amide bonds. The Bertz CT molecular complexity index is 247. The van der Waals surface area contributed by atoms with Gasteiger partial charge in [-0.2, -0.15) is 0 Å². The van der Waals surface area contributed by atoms with Crippen LogP contribution in [0.1, 0.15) is 45.4 Å². The summed E-state index contributed by atoms with van der Waals surface area (Å²) in [5, 5.41) is 8.76. The first-order valence-corrected chi connectivity index (χ1v) is 6.15. The molecule has 1 N–H and O–H groups in total. The van der Waals surface area contributed by atoms with Gasteiger partial charge in [0.15, 0.2) is 0 Å². The SMILES string of the molecule is CCCN(CC(=O)O)C(=O)C1CCCCC1. The van der Waals surface area contributed by atoms with E-state index in [1.807, 2.05) is 6.92 Å². The largest absolute Gasteiger partial charge is 0.480 e. The molecule has 0 spiro atoms. The summed E-state index contributed by atoms with van der Waals surface area (Å²) >= 11 is 0. The van der Waals surface area contributed by atoms with E-state index in [0.29, 0.717) is 6.54 Å². The number of hydrogen-bond acceptors (Lipinski definition) is 2. The lowest BCUT2D eigenvalue weighted by molar-refractivity contribution is -0.146. The van der Waals surface area contributed by atoms with Crippen molar-refractivity contribution >= 4 is 11.9 Å². The number of nitrogens with zero attached hydrogens (tertiary/aromatic N) is 1. The molecular formula is C12H21NO3. The van der Waals surface area contributed by atoms with Crippen LogP contribution in [0.15, 0.2) is 0 Å². The molecule has 16 heavy (non-hydrogen) atoms. The third-order valence-electron chi connectivity index (χ3n) is 3.09. The highest BCUT2D eigenvalue weighted by Gasteiger charge is 2.26. The van der Waals surface area contributed by atoms with E-state index in [-0.39, 0.29) is 18.4 Å². The Labute approximate surface area is 96.6 Å². The summed E-state index contributed by atoms with van der Waals surface area (Å²) in [6.07, 6.45) is 6.08. The highest BCUT2D eigenvalue weighted by Crippen LogP contribution is 2.25. The average molecular weight is 227 g/mol. The Morgan fingerprint density at radius 3 is 2.38 bits per heavy atom. The van der Waals surface area contributed by atoms with Crippen molar-refractivity contribution < 1.29 is 14.7 Å². The second-order valence-corrected chi connectivity index (χ2v) is 4.49. The first-order chi connectivity index (χ1) is 7.65. The molecule has 0 heterocycles. The maximum absolute atomic E-state index is 12.1. The number of carboxylic acids is 1. The number of hydrogen-bond donors (Lipinski definition) is 1. The zero-order valence-electron chi connectivity index (χ0n) is 9.95. The van der Waals surface area contributed by atoms with Gasteiger partial charge in [0.25, 0.3) is 0 Å². The summed E-state index contributed by atoms with van der Waals surface area (Å²) in [4.78, 5) is 24.3. The normalized spacial score (nSPS) is 17.1. The Hall–Kier alpha value is -1.06. The molecule has 0 aliphatic heterocycles. The molecule has 0 aromatic heterocycles. The maximum Gasteiger partial charge on any atom is 0.323 e. The van der Waals surface area contributed by atoms with Crippen molar-refractivity contribution in [1.82, 2.24) is 4.90 Å². The molecule has 0 radical (unpaired) electrons. The number of carbonyl (C=O) groups excluding carboxylic acids is 1. The lowest BCUT2D eigenvalue weighted by Gasteiger charge is -2.27. The van der Waals surface area contributed by atoms with Crippen LogP contribution in [0, 0.1) is 5.92 Å². The van der Waals surface area contributed by atoms with Crippen LogP contribution < -0.4 is 0 Å². The van der Waals surface area contributed by atoms with Crippen LogP contribution in [0.3, 0.4) is 0 Å². The number of aliphatic carboxylic acids is 1. The van der Waals surface area contributed by atoms with Crippen molar-refractivity contribution in [2.24, 2.45) is 5.92 Å². The molecule has 0 aromatic carbocycles. The second-order valence-electron chi connectivity index (χ2n) is 4.49. The molecule has 0 bridgehead atoms. The summed E-state index contributed by atoms with van der Waals surface area (Å²) in [6.45, 7) is 2.37. The monoisotopic (exact) mass is 227 g/mol. The fourth-order valence-electron chi connectivity index (χ4n) is 2.31. The highest BCUT2D eigenvalue weighted by atomic mass is 16.4. The summed E-state index contributed by atoms with van der Waals surface area (Å²) in [5.74, 6) is -0.804. The van der Waals surface area contributed by atoms with Gasteiger partial charge in [0.2, 0.25) is 5.91 Å². The van der Waals surface area contributed by atoms with E-state index in [4.69, 9.17) is 5.11 Å². The zero-order chi connectivity index (χ0) is 12.0. The van der Waals surface area contributed by atoms with Crippen molar-refractivity contribution in [3.8, 4) is 0 Å². The van der Waals surface area contributed by atoms with Crippen molar-refractivity contribution in [3.05, 3.63) is 0 Å². The number of rotatable bonds is 5. The lowest BCUT2D eigenvalue weighted by Crippen LogP contribution is -2.40. The fourth-order valence-corrected chi connectivity index (χ4v) is 2.31. The van der Waals surface area contributed by atoms with Gasteiger partial charge in [-0.3, -0.25) is 9.59 Å². The minimum absolute atomic E-state index is 0.0453. The number of amides is 1.